The smallest absolute Gasteiger partial charge is 0.406 e. The molecule has 0 saturated heterocycles. The average molecular weight is 388 g/mol. The number of hydrogen-bond acceptors (Lipinski definition) is 6. The summed E-state index contributed by atoms with van der Waals surface area (Å²) in [6.07, 6.45) is -2.82. The molecule has 0 spiro atoms. The van der Waals surface area contributed by atoms with Gasteiger partial charge in [-0.1, -0.05) is 23.4 Å². The molecular formula is C19H15F3N4O2. The number of hydrazine groups is 1. The first-order chi connectivity index (χ1) is 13.4. The van der Waals surface area contributed by atoms with Crippen molar-refractivity contribution in [3.8, 4) is 16.9 Å². The maximum absolute atomic E-state index is 12.3. The number of halogens is 3. The molecule has 0 radical (unpaired) electrons. The van der Waals surface area contributed by atoms with Gasteiger partial charge in [0.15, 0.2) is 0 Å². The number of aromatic nitrogens is 1. The van der Waals surface area contributed by atoms with Crippen LogP contribution in [0.15, 0.2) is 58.2 Å². The van der Waals surface area contributed by atoms with Crippen molar-refractivity contribution >= 4 is 6.20 Å². The van der Waals surface area contributed by atoms with Crippen molar-refractivity contribution in [1.29, 1.82) is 0 Å². The highest BCUT2D eigenvalue weighted by Crippen LogP contribution is 2.25. The molecule has 2 aromatic carbocycles. The van der Waals surface area contributed by atoms with Crippen LogP contribution in [0.1, 0.15) is 11.5 Å². The number of benzene rings is 2. The Morgan fingerprint density at radius 2 is 1.82 bits per heavy atom. The van der Waals surface area contributed by atoms with Crippen LogP contribution < -0.4 is 20.8 Å². The van der Waals surface area contributed by atoms with E-state index in [2.05, 4.69) is 20.5 Å². The Bertz CT molecular complexity index is 1110. The molecular weight excluding hydrogens is 373 g/mol. The van der Waals surface area contributed by atoms with Crippen molar-refractivity contribution in [2.75, 3.05) is 0 Å². The van der Waals surface area contributed by atoms with E-state index in [-0.39, 0.29) is 5.75 Å². The molecule has 4 rings (SSSR count). The predicted octanol–water partition coefficient (Wildman–Crippen LogP) is 2.84. The van der Waals surface area contributed by atoms with Gasteiger partial charge in [0.2, 0.25) is 0 Å². The van der Waals surface area contributed by atoms with Crippen molar-refractivity contribution in [2.45, 2.75) is 19.8 Å². The minimum absolute atomic E-state index is 0.256. The lowest BCUT2D eigenvalue weighted by Gasteiger charge is -2.20. The van der Waals surface area contributed by atoms with E-state index in [0.29, 0.717) is 6.54 Å². The molecule has 6 nitrogen and oxygen atoms in total. The summed E-state index contributed by atoms with van der Waals surface area (Å²) < 4.78 is 45.8. The van der Waals surface area contributed by atoms with Crippen molar-refractivity contribution in [1.82, 2.24) is 15.7 Å². The van der Waals surface area contributed by atoms with Crippen LogP contribution >= 0.6 is 0 Å². The predicted molar refractivity (Wildman–Crippen MR) is 93.7 cm³/mol. The monoisotopic (exact) mass is 388 g/mol. The van der Waals surface area contributed by atoms with Crippen molar-refractivity contribution in [3.63, 3.8) is 0 Å². The van der Waals surface area contributed by atoms with Crippen LogP contribution in [-0.4, -0.2) is 16.5 Å². The number of nitrogens with zero attached hydrogens (tertiary/aromatic N) is 3. The van der Waals surface area contributed by atoms with Crippen LogP contribution in [0.25, 0.3) is 17.3 Å². The van der Waals surface area contributed by atoms with Crippen molar-refractivity contribution in [2.24, 2.45) is 5.10 Å². The van der Waals surface area contributed by atoms with Crippen LogP contribution in [0.2, 0.25) is 0 Å². The fraction of sp³-hybridized carbons (Fsp3) is 0.158. The fourth-order valence-corrected chi connectivity index (χ4v) is 2.85. The van der Waals surface area contributed by atoms with Gasteiger partial charge in [0.1, 0.15) is 17.2 Å². The standard InChI is InChI=1S/C19H15F3N4O2/c1-12-8-16(24-28-12)11-26-10-15-9-14(4-7-18(15)23-25-26)13-2-5-17(6-3-13)27-19(20,21)22/h2-10,25H,11H2,1H3. The minimum atomic E-state index is -4.71. The van der Waals surface area contributed by atoms with Gasteiger partial charge in [-0.25, -0.2) is 5.53 Å². The SMILES string of the molecule is Cc1cc(CN2C=c3cc(-c4ccc(OC(F)(F)F)cc4)ccc3=NN2)no1. The van der Waals surface area contributed by atoms with E-state index in [0.717, 1.165) is 33.2 Å². The molecule has 0 unspecified atom stereocenters. The summed E-state index contributed by atoms with van der Waals surface area (Å²) in [4.78, 5) is 0. The first-order valence-electron chi connectivity index (χ1n) is 8.36. The van der Waals surface area contributed by atoms with E-state index in [9.17, 15) is 13.2 Å². The molecule has 1 aromatic heterocycles. The lowest BCUT2D eigenvalue weighted by Crippen LogP contribution is -2.42. The van der Waals surface area contributed by atoms with Crippen molar-refractivity contribution < 1.29 is 22.4 Å². The lowest BCUT2D eigenvalue weighted by atomic mass is 10.0. The number of alkyl halides is 3. The van der Waals surface area contributed by atoms with Crippen LogP contribution in [-0.2, 0) is 6.54 Å². The second-order valence-corrected chi connectivity index (χ2v) is 6.24. The third-order valence-electron chi connectivity index (χ3n) is 4.05. The average Bonchev–Trinajstić information content (AvgIpc) is 3.05. The quantitative estimate of drug-likeness (QED) is 0.745. The number of rotatable bonds is 4. The van der Waals surface area contributed by atoms with E-state index in [1.54, 1.807) is 17.1 Å². The van der Waals surface area contributed by atoms with Gasteiger partial charge >= 0.3 is 6.36 Å². The summed E-state index contributed by atoms with van der Waals surface area (Å²) in [5, 5.41) is 11.7. The maximum atomic E-state index is 12.3. The minimum Gasteiger partial charge on any atom is -0.406 e. The summed E-state index contributed by atoms with van der Waals surface area (Å²) in [5.74, 6) is 0.471. The molecule has 9 heteroatoms. The second-order valence-electron chi connectivity index (χ2n) is 6.24. The summed E-state index contributed by atoms with van der Waals surface area (Å²) in [6, 6.07) is 13.2. The lowest BCUT2D eigenvalue weighted by molar-refractivity contribution is -0.274. The third kappa shape index (κ3) is 4.08. The van der Waals surface area contributed by atoms with E-state index in [1.807, 2.05) is 37.4 Å². The number of fused-ring (bicyclic) bond motifs is 1. The zero-order valence-electron chi connectivity index (χ0n) is 14.7. The number of aryl methyl sites for hydroxylation is 1. The van der Waals surface area contributed by atoms with Gasteiger partial charge in [-0.15, -0.1) is 13.2 Å². The van der Waals surface area contributed by atoms with Crippen LogP contribution in [0.3, 0.4) is 0 Å². The van der Waals surface area contributed by atoms with Crippen LogP contribution in [0, 0.1) is 6.92 Å². The summed E-state index contributed by atoms with van der Waals surface area (Å²) >= 11 is 0. The Kier molecular flexibility index (Phi) is 4.42. The highest BCUT2D eigenvalue weighted by atomic mass is 19.4. The molecule has 0 fully saturated rings. The second kappa shape index (κ2) is 6.91. The largest absolute Gasteiger partial charge is 0.573 e. The Balaban J connectivity index is 1.58. The topological polar surface area (TPSA) is 62.9 Å². The zero-order chi connectivity index (χ0) is 19.7. The highest BCUT2D eigenvalue weighted by Gasteiger charge is 2.30. The van der Waals surface area contributed by atoms with E-state index in [4.69, 9.17) is 4.52 Å². The van der Waals surface area contributed by atoms with Gasteiger partial charge in [-0.2, -0.15) is 5.10 Å². The van der Waals surface area contributed by atoms with E-state index in [1.165, 1.54) is 12.1 Å². The molecule has 3 aromatic rings. The molecule has 1 aliphatic rings. The van der Waals surface area contributed by atoms with Gasteiger partial charge < -0.3 is 9.26 Å². The maximum Gasteiger partial charge on any atom is 0.573 e. The Labute approximate surface area is 157 Å². The number of nitrogens with one attached hydrogen (secondary N) is 1. The number of hydrogen-bond donors (Lipinski definition) is 1. The molecule has 0 aliphatic carbocycles. The molecule has 28 heavy (non-hydrogen) atoms. The molecule has 0 atom stereocenters. The Morgan fingerprint density at radius 3 is 2.50 bits per heavy atom. The van der Waals surface area contributed by atoms with Crippen molar-refractivity contribution in [3.05, 3.63) is 70.6 Å². The Morgan fingerprint density at radius 1 is 1.07 bits per heavy atom. The van der Waals surface area contributed by atoms with Crippen LogP contribution in [0.5, 0.6) is 5.75 Å². The summed E-state index contributed by atoms with van der Waals surface area (Å²) in [6.45, 7) is 2.29. The van der Waals surface area contributed by atoms with E-state index >= 15 is 0 Å². The highest BCUT2D eigenvalue weighted by molar-refractivity contribution is 5.64. The normalized spacial score (nSPS) is 13.2. The Hall–Kier alpha value is -3.49. The molecule has 144 valence electrons. The van der Waals surface area contributed by atoms with E-state index < -0.39 is 6.36 Å². The number of ether oxygens (including phenoxy) is 1. The molecule has 1 aliphatic heterocycles. The summed E-state index contributed by atoms with van der Waals surface area (Å²) in [5.41, 5.74) is 5.30. The first-order valence-corrected chi connectivity index (χ1v) is 8.36. The van der Waals surface area contributed by atoms with Crippen LogP contribution in [0.4, 0.5) is 13.2 Å². The van der Waals surface area contributed by atoms with Gasteiger partial charge in [-0.3, -0.25) is 5.01 Å². The molecule has 0 bridgehead atoms. The van der Waals surface area contributed by atoms with Gasteiger partial charge in [0.25, 0.3) is 0 Å². The molecule has 0 amide bonds. The molecule has 2 heterocycles. The first kappa shape index (κ1) is 17.9. The fourth-order valence-electron chi connectivity index (χ4n) is 2.85. The van der Waals surface area contributed by atoms with Gasteiger partial charge in [-0.05, 0) is 42.3 Å². The third-order valence-corrected chi connectivity index (χ3v) is 4.05. The summed E-state index contributed by atoms with van der Waals surface area (Å²) in [7, 11) is 0. The molecule has 0 saturated carbocycles. The van der Waals surface area contributed by atoms with Gasteiger partial charge in [0, 0.05) is 17.5 Å². The zero-order valence-corrected chi connectivity index (χ0v) is 14.7. The molecule has 1 N–H and O–H groups in total. The van der Waals surface area contributed by atoms with Gasteiger partial charge in [0.05, 0.1) is 11.9 Å².